The molecule has 96 valence electrons. The summed E-state index contributed by atoms with van der Waals surface area (Å²) in [6.07, 6.45) is 2.23. The maximum absolute atomic E-state index is 5.39. The Balaban J connectivity index is 2.62. The molecule has 2 heteroatoms. The highest BCUT2D eigenvalue weighted by atomic mass is 16.5. The van der Waals surface area contributed by atoms with Crippen LogP contribution in [0, 0.1) is 13.8 Å². The lowest BCUT2D eigenvalue weighted by Crippen LogP contribution is -2.18. The van der Waals surface area contributed by atoms with E-state index in [-0.39, 0.29) is 0 Å². The Morgan fingerprint density at radius 2 is 2.06 bits per heavy atom. The van der Waals surface area contributed by atoms with Crippen molar-refractivity contribution in [2.24, 2.45) is 0 Å². The van der Waals surface area contributed by atoms with Crippen LogP contribution in [0.3, 0.4) is 0 Å². The Morgan fingerprint density at radius 3 is 2.71 bits per heavy atom. The molecule has 0 heterocycles. The zero-order chi connectivity index (χ0) is 12.7. The molecule has 1 atom stereocenters. The quantitative estimate of drug-likeness (QED) is 0.732. The zero-order valence-corrected chi connectivity index (χ0v) is 11.5. The van der Waals surface area contributed by atoms with E-state index in [1.165, 1.54) is 16.7 Å². The third-order valence-electron chi connectivity index (χ3n) is 3.14. The third kappa shape index (κ3) is 4.49. The van der Waals surface area contributed by atoms with Gasteiger partial charge < -0.3 is 10.1 Å². The molecule has 0 amide bonds. The van der Waals surface area contributed by atoms with Gasteiger partial charge in [0, 0.05) is 19.3 Å². The van der Waals surface area contributed by atoms with Gasteiger partial charge in [-0.2, -0.15) is 0 Å². The van der Waals surface area contributed by atoms with E-state index in [1.807, 2.05) is 14.0 Å². The highest BCUT2D eigenvalue weighted by Crippen LogP contribution is 2.22. The summed E-state index contributed by atoms with van der Waals surface area (Å²) in [7, 11) is 2.03. The van der Waals surface area contributed by atoms with Crippen molar-refractivity contribution >= 4 is 0 Å². The van der Waals surface area contributed by atoms with E-state index in [0.717, 1.165) is 26.1 Å². The van der Waals surface area contributed by atoms with Crippen LogP contribution in [0.5, 0.6) is 0 Å². The van der Waals surface area contributed by atoms with Gasteiger partial charge in [-0.3, -0.25) is 0 Å². The lowest BCUT2D eigenvalue weighted by atomic mass is 9.96. The highest BCUT2D eigenvalue weighted by molar-refractivity contribution is 5.32. The van der Waals surface area contributed by atoms with Crippen LogP contribution in [-0.4, -0.2) is 20.3 Å². The predicted molar refractivity (Wildman–Crippen MR) is 73.4 cm³/mol. The number of hydrogen-bond donors (Lipinski definition) is 1. The molecule has 0 fully saturated rings. The number of nitrogens with one attached hydrogen (secondary N) is 1. The monoisotopic (exact) mass is 235 g/mol. The van der Waals surface area contributed by atoms with E-state index in [1.54, 1.807) is 0 Å². The molecule has 2 nitrogen and oxygen atoms in total. The van der Waals surface area contributed by atoms with Crippen molar-refractivity contribution in [1.82, 2.24) is 5.32 Å². The first-order valence-electron chi connectivity index (χ1n) is 6.51. The largest absolute Gasteiger partial charge is 0.382 e. The molecule has 1 unspecified atom stereocenters. The van der Waals surface area contributed by atoms with Crippen LogP contribution in [0.25, 0.3) is 0 Å². The molecule has 0 bridgehead atoms. The molecule has 0 aromatic heterocycles. The molecular weight excluding hydrogens is 210 g/mol. The Morgan fingerprint density at radius 1 is 1.29 bits per heavy atom. The van der Waals surface area contributed by atoms with Crippen LogP contribution in [0.2, 0.25) is 0 Å². The van der Waals surface area contributed by atoms with E-state index >= 15 is 0 Å². The van der Waals surface area contributed by atoms with Gasteiger partial charge in [-0.15, -0.1) is 0 Å². The fourth-order valence-corrected chi connectivity index (χ4v) is 2.12. The SMILES string of the molecule is CCOCCCC(NC)c1cc(C)ccc1C. The molecule has 0 saturated carbocycles. The molecule has 1 N–H and O–H groups in total. The van der Waals surface area contributed by atoms with Gasteiger partial charge in [0.2, 0.25) is 0 Å². The summed E-state index contributed by atoms with van der Waals surface area (Å²) in [5.41, 5.74) is 4.12. The lowest BCUT2D eigenvalue weighted by Gasteiger charge is -2.19. The Bertz CT molecular complexity index is 336. The van der Waals surface area contributed by atoms with Crippen molar-refractivity contribution in [3.8, 4) is 0 Å². The minimum atomic E-state index is 0.440. The summed E-state index contributed by atoms with van der Waals surface area (Å²) in [4.78, 5) is 0. The van der Waals surface area contributed by atoms with Crippen molar-refractivity contribution in [2.45, 2.75) is 39.7 Å². The number of aryl methyl sites for hydroxylation is 2. The molecule has 1 rings (SSSR count). The molecular formula is C15H25NO. The van der Waals surface area contributed by atoms with Crippen molar-refractivity contribution in [3.05, 3.63) is 34.9 Å². The molecule has 17 heavy (non-hydrogen) atoms. The van der Waals surface area contributed by atoms with Crippen molar-refractivity contribution in [2.75, 3.05) is 20.3 Å². The molecule has 0 radical (unpaired) electrons. The minimum Gasteiger partial charge on any atom is -0.382 e. The molecule has 1 aromatic rings. The molecule has 1 aromatic carbocycles. The van der Waals surface area contributed by atoms with Crippen LogP contribution in [0.15, 0.2) is 18.2 Å². The van der Waals surface area contributed by atoms with Crippen LogP contribution in [-0.2, 0) is 4.74 Å². The second-order valence-corrected chi connectivity index (χ2v) is 4.54. The second-order valence-electron chi connectivity index (χ2n) is 4.54. The second kappa shape index (κ2) is 7.46. The van der Waals surface area contributed by atoms with Crippen LogP contribution >= 0.6 is 0 Å². The van der Waals surface area contributed by atoms with Gasteiger partial charge in [0.1, 0.15) is 0 Å². The number of hydrogen-bond acceptors (Lipinski definition) is 2. The summed E-state index contributed by atoms with van der Waals surface area (Å²) in [5, 5.41) is 3.41. The van der Waals surface area contributed by atoms with Crippen molar-refractivity contribution in [1.29, 1.82) is 0 Å². The Hall–Kier alpha value is -0.860. The number of benzene rings is 1. The van der Waals surface area contributed by atoms with Gasteiger partial charge in [-0.05, 0) is 51.8 Å². The van der Waals surface area contributed by atoms with Gasteiger partial charge in [-0.1, -0.05) is 23.8 Å². The van der Waals surface area contributed by atoms with Gasteiger partial charge >= 0.3 is 0 Å². The molecule has 0 saturated heterocycles. The number of rotatable bonds is 7. The zero-order valence-electron chi connectivity index (χ0n) is 11.5. The van der Waals surface area contributed by atoms with E-state index in [9.17, 15) is 0 Å². The Kier molecular flexibility index (Phi) is 6.23. The average Bonchev–Trinajstić information content (AvgIpc) is 2.33. The first kappa shape index (κ1) is 14.2. The molecule has 0 aliphatic rings. The first-order valence-corrected chi connectivity index (χ1v) is 6.51. The third-order valence-corrected chi connectivity index (χ3v) is 3.14. The summed E-state index contributed by atoms with van der Waals surface area (Å²) >= 11 is 0. The van der Waals surface area contributed by atoms with Gasteiger partial charge in [0.25, 0.3) is 0 Å². The van der Waals surface area contributed by atoms with Crippen LogP contribution in [0.1, 0.15) is 42.5 Å². The van der Waals surface area contributed by atoms with Gasteiger partial charge in [-0.25, -0.2) is 0 Å². The fourth-order valence-electron chi connectivity index (χ4n) is 2.12. The summed E-state index contributed by atoms with van der Waals surface area (Å²) in [6.45, 7) is 8.05. The average molecular weight is 235 g/mol. The number of ether oxygens (including phenoxy) is 1. The summed E-state index contributed by atoms with van der Waals surface area (Å²) in [5.74, 6) is 0. The maximum atomic E-state index is 5.39. The highest BCUT2D eigenvalue weighted by Gasteiger charge is 2.11. The maximum Gasteiger partial charge on any atom is 0.0466 e. The summed E-state index contributed by atoms with van der Waals surface area (Å²) < 4.78 is 5.39. The van der Waals surface area contributed by atoms with Crippen LogP contribution in [0.4, 0.5) is 0 Å². The molecule has 0 aliphatic heterocycles. The smallest absolute Gasteiger partial charge is 0.0466 e. The van der Waals surface area contributed by atoms with E-state index in [2.05, 4.69) is 37.4 Å². The normalized spacial score (nSPS) is 12.7. The van der Waals surface area contributed by atoms with E-state index < -0.39 is 0 Å². The standard InChI is InChI=1S/C15H25NO/c1-5-17-10-6-7-15(16-4)14-11-12(2)8-9-13(14)3/h8-9,11,15-16H,5-7,10H2,1-4H3. The molecule has 0 aliphatic carbocycles. The summed E-state index contributed by atoms with van der Waals surface area (Å²) in [6, 6.07) is 7.11. The topological polar surface area (TPSA) is 21.3 Å². The van der Waals surface area contributed by atoms with E-state index in [4.69, 9.17) is 4.74 Å². The predicted octanol–water partition coefficient (Wildman–Crippen LogP) is 3.38. The van der Waals surface area contributed by atoms with Gasteiger partial charge in [0.15, 0.2) is 0 Å². The molecule has 0 spiro atoms. The Labute approximate surface area is 105 Å². The minimum absolute atomic E-state index is 0.440. The van der Waals surface area contributed by atoms with Gasteiger partial charge in [0.05, 0.1) is 0 Å². The lowest BCUT2D eigenvalue weighted by molar-refractivity contribution is 0.141. The fraction of sp³-hybridized carbons (Fsp3) is 0.600. The van der Waals surface area contributed by atoms with E-state index in [0.29, 0.717) is 6.04 Å². The first-order chi connectivity index (χ1) is 8.19. The van der Waals surface area contributed by atoms with Crippen molar-refractivity contribution < 1.29 is 4.74 Å². The van der Waals surface area contributed by atoms with Crippen LogP contribution < -0.4 is 5.32 Å². The van der Waals surface area contributed by atoms with Crippen molar-refractivity contribution in [3.63, 3.8) is 0 Å².